The molecule has 4 aromatic heterocycles. The minimum absolute atomic E-state index is 0.0124. The van der Waals surface area contributed by atoms with Gasteiger partial charge >= 0.3 is 0 Å². The van der Waals surface area contributed by atoms with Gasteiger partial charge in [-0.25, -0.2) is 9.37 Å². The minimum atomic E-state index is -0.577. The van der Waals surface area contributed by atoms with Crippen LogP contribution in [0.4, 0.5) is 21.7 Å². The van der Waals surface area contributed by atoms with E-state index in [9.17, 15) is 9.59 Å². The summed E-state index contributed by atoms with van der Waals surface area (Å²) in [6.07, 6.45) is 4.43. The zero-order chi connectivity index (χ0) is 30.0. The Hall–Kier alpha value is -3.96. The predicted molar refractivity (Wildman–Crippen MR) is 165 cm³/mol. The lowest BCUT2D eigenvalue weighted by Gasteiger charge is -2.28. The van der Waals surface area contributed by atoms with Crippen LogP contribution >= 0.6 is 11.3 Å². The van der Waals surface area contributed by atoms with Crippen molar-refractivity contribution in [3.05, 3.63) is 79.8 Å². The molecule has 2 N–H and O–H groups in total. The zero-order valence-electron chi connectivity index (χ0n) is 24.6. The number of piperidine rings is 1. The lowest BCUT2D eigenvalue weighted by molar-refractivity contribution is 0.103. The Morgan fingerprint density at radius 2 is 1.83 bits per heavy atom. The summed E-state index contributed by atoms with van der Waals surface area (Å²) in [7, 11) is 3.70. The van der Waals surface area contributed by atoms with E-state index in [4.69, 9.17) is 0 Å². The number of nitrogens with zero attached hydrogens (tertiary/aromatic N) is 5. The van der Waals surface area contributed by atoms with E-state index in [1.54, 1.807) is 13.1 Å². The number of hydrogen-bond donors (Lipinski definition) is 2. The number of carbonyl (C=O) groups excluding carboxylic acids is 1. The third kappa shape index (κ3) is 6.42. The Morgan fingerprint density at radius 3 is 2.48 bits per heavy atom. The number of amides is 1. The maximum absolute atomic E-state index is 15.0. The number of rotatable bonds is 8. The van der Waals surface area contributed by atoms with Crippen molar-refractivity contribution in [2.24, 2.45) is 7.05 Å². The minimum Gasteiger partial charge on any atom is -0.334 e. The molecule has 1 saturated heterocycles. The number of halogens is 1. The summed E-state index contributed by atoms with van der Waals surface area (Å²) in [5.74, 6) is 0.435. The van der Waals surface area contributed by atoms with Gasteiger partial charge in [0, 0.05) is 29.6 Å². The van der Waals surface area contributed by atoms with Gasteiger partial charge < -0.3 is 20.1 Å². The summed E-state index contributed by atoms with van der Waals surface area (Å²) in [5, 5.41) is 14.5. The summed E-state index contributed by atoms with van der Waals surface area (Å²) in [6, 6.07) is 9.89. The quantitative estimate of drug-likeness (QED) is 0.263. The van der Waals surface area contributed by atoms with E-state index in [0.717, 1.165) is 43.6 Å². The van der Waals surface area contributed by atoms with Crippen molar-refractivity contribution in [3.8, 4) is 11.3 Å². The molecule has 220 valence electrons. The molecule has 4 aromatic rings. The van der Waals surface area contributed by atoms with Crippen molar-refractivity contribution in [2.45, 2.75) is 51.9 Å². The van der Waals surface area contributed by atoms with E-state index in [1.807, 2.05) is 12.1 Å². The van der Waals surface area contributed by atoms with Gasteiger partial charge in [0.05, 0.1) is 10.6 Å². The normalized spacial score (nSPS) is 14.4. The first-order valence-electron chi connectivity index (χ1n) is 14.2. The summed E-state index contributed by atoms with van der Waals surface area (Å²) >= 11 is 1.46. The molecule has 1 aliphatic heterocycles. The van der Waals surface area contributed by atoms with E-state index in [2.05, 4.69) is 58.5 Å². The van der Waals surface area contributed by atoms with Gasteiger partial charge in [-0.2, -0.15) is 5.10 Å². The number of thiophene rings is 1. The van der Waals surface area contributed by atoms with Crippen LogP contribution < -0.4 is 16.2 Å². The number of carbonyl (C=O) groups is 1. The van der Waals surface area contributed by atoms with Gasteiger partial charge in [-0.3, -0.25) is 9.59 Å². The summed E-state index contributed by atoms with van der Waals surface area (Å²) < 4.78 is 16.4. The summed E-state index contributed by atoms with van der Waals surface area (Å²) in [4.78, 5) is 34.4. The van der Waals surface area contributed by atoms with Gasteiger partial charge in [-0.15, -0.1) is 16.4 Å². The van der Waals surface area contributed by atoms with Gasteiger partial charge in [0.1, 0.15) is 23.0 Å². The van der Waals surface area contributed by atoms with Crippen LogP contribution in [0, 0.1) is 5.82 Å². The van der Waals surface area contributed by atoms with Gasteiger partial charge in [-0.05, 0) is 87.3 Å². The highest BCUT2D eigenvalue weighted by Gasteiger charge is 2.21. The summed E-state index contributed by atoms with van der Waals surface area (Å²) in [5.41, 5.74) is 2.38. The Bertz CT molecular complexity index is 1640. The molecule has 1 amide bonds. The first-order valence-corrected chi connectivity index (χ1v) is 15.0. The number of hydrogen-bond acceptors (Lipinski definition) is 8. The number of likely N-dealkylation sites (tertiary alicyclic amines) is 1. The molecule has 11 heteroatoms. The van der Waals surface area contributed by atoms with Crippen LogP contribution in [0.1, 0.15) is 71.3 Å². The van der Waals surface area contributed by atoms with Crippen LogP contribution in [0.5, 0.6) is 0 Å². The smallest absolute Gasteiger partial charge is 0.274 e. The average molecular weight is 590 g/mol. The third-order valence-corrected chi connectivity index (χ3v) is 8.93. The SMILES string of the molecule is CCc1sc(C(=O)Nc2ccc(F)c(-c3cc(Nc4ccc(C5CCN(C)CC5)nn4)c(=O)n(C)c3)n2)cc1C(C)C. The fourth-order valence-corrected chi connectivity index (χ4v) is 6.36. The van der Waals surface area contributed by atoms with Gasteiger partial charge in [0.15, 0.2) is 5.82 Å². The maximum atomic E-state index is 15.0. The molecule has 42 heavy (non-hydrogen) atoms. The molecule has 5 rings (SSSR count). The van der Waals surface area contributed by atoms with E-state index in [-0.39, 0.29) is 28.7 Å². The number of anilines is 3. The highest BCUT2D eigenvalue weighted by Crippen LogP contribution is 2.31. The molecule has 9 nitrogen and oxygen atoms in total. The standard InChI is InChI=1S/C31H36FN7O2S/c1-6-25-21(18(2)3)16-26(42-25)30(40)35-27-9-7-22(32)29(34-27)20-15-24(31(41)39(5)17-20)33-28-10-8-23(36-37-28)19-11-13-38(4)14-12-19/h7-10,15-19H,6,11-14H2,1-5H3,(H,33,37)(H,34,35,40). The average Bonchev–Trinajstić information content (AvgIpc) is 3.43. The van der Waals surface area contributed by atoms with E-state index < -0.39 is 5.82 Å². The molecular weight excluding hydrogens is 553 g/mol. The molecule has 1 fully saturated rings. The second-order valence-electron chi connectivity index (χ2n) is 11.1. The molecule has 0 aromatic carbocycles. The maximum Gasteiger partial charge on any atom is 0.274 e. The van der Waals surface area contributed by atoms with Crippen molar-refractivity contribution in [3.63, 3.8) is 0 Å². The van der Waals surface area contributed by atoms with Crippen LogP contribution in [0.15, 0.2) is 47.4 Å². The molecule has 0 unspecified atom stereocenters. The van der Waals surface area contributed by atoms with Crippen LogP contribution in [0.3, 0.4) is 0 Å². The van der Waals surface area contributed by atoms with Crippen molar-refractivity contribution in [1.82, 2.24) is 24.6 Å². The fraction of sp³-hybridized carbons (Fsp3) is 0.387. The predicted octanol–water partition coefficient (Wildman–Crippen LogP) is 5.93. The Morgan fingerprint density at radius 1 is 1.10 bits per heavy atom. The molecule has 1 aliphatic rings. The van der Waals surface area contributed by atoms with Crippen molar-refractivity contribution >= 4 is 34.6 Å². The first-order chi connectivity index (χ1) is 20.1. The third-order valence-electron chi connectivity index (χ3n) is 7.64. The van der Waals surface area contributed by atoms with Crippen LogP contribution in [-0.4, -0.2) is 50.7 Å². The van der Waals surface area contributed by atoms with Crippen LogP contribution in [0.2, 0.25) is 0 Å². The molecule has 0 bridgehead atoms. The van der Waals surface area contributed by atoms with Crippen molar-refractivity contribution < 1.29 is 9.18 Å². The number of aromatic nitrogens is 4. The van der Waals surface area contributed by atoms with Crippen LogP contribution in [0.25, 0.3) is 11.3 Å². The molecule has 0 atom stereocenters. The van der Waals surface area contributed by atoms with Gasteiger partial charge in [-0.1, -0.05) is 20.8 Å². The monoisotopic (exact) mass is 589 g/mol. The first kappa shape index (κ1) is 29.5. The number of aryl methyl sites for hydroxylation is 2. The highest BCUT2D eigenvalue weighted by atomic mass is 32.1. The molecule has 0 aliphatic carbocycles. The molecule has 5 heterocycles. The second kappa shape index (κ2) is 12.5. The molecule has 0 spiro atoms. The van der Waals surface area contributed by atoms with E-state index in [0.29, 0.717) is 28.1 Å². The van der Waals surface area contributed by atoms with Crippen molar-refractivity contribution in [2.75, 3.05) is 30.8 Å². The number of nitrogens with one attached hydrogen (secondary N) is 2. The fourth-order valence-electron chi connectivity index (χ4n) is 5.21. The van der Waals surface area contributed by atoms with Crippen molar-refractivity contribution in [1.29, 1.82) is 0 Å². The molecule has 0 radical (unpaired) electrons. The lowest BCUT2D eigenvalue weighted by atomic mass is 9.94. The topological polar surface area (TPSA) is 105 Å². The van der Waals surface area contributed by atoms with Gasteiger partial charge in [0.2, 0.25) is 0 Å². The molecular formula is C31H36FN7O2S. The van der Waals surface area contributed by atoms with Crippen LogP contribution in [-0.2, 0) is 13.5 Å². The van der Waals surface area contributed by atoms with Gasteiger partial charge in [0.25, 0.3) is 11.5 Å². The second-order valence-corrected chi connectivity index (χ2v) is 12.2. The highest BCUT2D eigenvalue weighted by molar-refractivity contribution is 7.14. The molecule has 0 saturated carbocycles. The zero-order valence-corrected chi connectivity index (χ0v) is 25.4. The van der Waals surface area contributed by atoms with E-state index in [1.165, 1.54) is 45.2 Å². The Labute approximate surface area is 248 Å². The number of pyridine rings is 2. The lowest BCUT2D eigenvalue weighted by Crippen LogP contribution is -2.29. The largest absolute Gasteiger partial charge is 0.334 e. The van der Waals surface area contributed by atoms with E-state index >= 15 is 4.39 Å². The Kier molecular flexibility index (Phi) is 8.79. The Balaban J connectivity index is 1.37. The summed E-state index contributed by atoms with van der Waals surface area (Å²) in [6.45, 7) is 8.33.